The molecule has 0 aliphatic carbocycles. The Kier molecular flexibility index (Phi) is 3.64. The van der Waals surface area contributed by atoms with Crippen molar-refractivity contribution in [2.75, 3.05) is 0 Å². The molecule has 2 aromatic carbocycles. The highest BCUT2D eigenvalue weighted by molar-refractivity contribution is 6.33. The van der Waals surface area contributed by atoms with E-state index in [1.165, 1.54) is 30.3 Å². The van der Waals surface area contributed by atoms with Crippen LogP contribution in [-0.2, 0) is 0 Å². The summed E-state index contributed by atoms with van der Waals surface area (Å²) >= 11 is 5.99. The molecule has 4 heteroatoms. The Morgan fingerprint density at radius 1 is 1.00 bits per heavy atom. The van der Waals surface area contributed by atoms with E-state index in [1.54, 1.807) is 13.0 Å². The zero-order chi connectivity index (χ0) is 13.3. The molecule has 1 nitrogen and oxygen atoms in total. The summed E-state index contributed by atoms with van der Waals surface area (Å²) in [6.07, 6.45) is 0. The van der Waals surface area contributed by atoms with Crippen molar-refractivity contribution >= 4 is 11.6 Å². The lowest BCUT2D eigenvalue weighted by Gasteiger charge is -2.14. The highest BCUT2D eigenvalue weighted by atomic mass is 35.5. The SMILES string of the molecule is CC(N)c1ccc(F)cc1-c1ccc(F)cc1Cl. The Labute approximate surface area is 109 Å². The van der Waals surface area contributed by atoms with E-state index in [4.69, 9.17) is 17.3 Å². The lowest BCUT2D eigenvalue weighted by molar-refractivity contribution is 0.626. The molecule has 2 rings (SSSR count). The van der Waals surface area contributed by atoms with Crippen molar-refractivity contribution in [3.63, 3.8) is 0 Å². The molecule has 0 bridgehead atoms. The number of hydrogen-bond donors (Lipinski definition) is 1. The van der Waals surface area contributed by atoms with Gasteiger partial charge in [0.05, 0.1) is 5.02 Å². The summed E-state index contributed by atoms with van der Waals surface area (Å²) in [5, 5.41) is 0.238. The zero-order valence-corrected chi connectivity index (χ0v) is 10.5. The van der Waals surface area contributed by atoms with Crippen LogP contribution in [0.4, 0.5) is 8.78 Å². The number of halogens is 3. The van der Waals surface area contributed by atoms with Crippen LogP contribution in [-0.4, -0.2) is 0 Å². The van der Waals surface area contributed by atoms with Gasteiger partial charge >= 0.3 is 0 Å². The Bertz CT molecular complexity index is 582. The van der Waals surface area contributed by atoms with Gasteiger partial charge in [0.25, 0.3) is 0 Å². The van der Waals surface area contributed by atoms with Crippen molar-refractivity contribution in [3.8, 4) is 11.1 Å². The third-order valence-corrected chi connectivity index (χ3v) is 3.04. The minimum Gasteiger partial charge on any atom is -0.324 e. The fraction of sp³-hybridized carbons (Fsp3) is 0.143. The summed E-state index contributed by atoms with van der Waals surface area (Å²) < 4.78 is 26.4. The third kappa shape index (κ3) is 2.52. The van der Waals surface area contributed by atoms with Gasteiger partial charge in [0.2, 0.25) is 0 Å². The number of rotatable bonds is 2. The van der Waals surface area contributed by atoms with Crippen molar-refractivity contribution in [2.45, 2.75) is 13.0 Å². The Morgan fingerprint density at radius 2 is 1.61 bits per heavy atom. The van der Waals surface area contributed by atoms with Crippen LogP contribution in [0.25, 0.3) is 11.1 Å². The molecule has 0 radical (unpaired) electrons. The van der Waals surface area contributed by atoms with Crippen LogP contribution in [0, 0.1) is 11.6 Å². The predicted octanol–water partition coefficient (Wildman–Crippen LogP) is 4.30. The lowest BCUT2D eigenvalue weighted by atomic mass is 9.95. The highest BCUT2D eigenvalue weighted by Crippen LogP contribution is 2.33. The fourth-order valence-electron chi connectivity index (χ4n) is 1.87. The minimum absolute atomic E-state index is 0.238. The van der Waals surface area contributed by atoms with Crippen LogP contribution in [0.3, 0.4) is 0 Å². The molecule has 1 atom stereocenters. The molecule has 18 heavy (non-hydrogen) atoms. The molecular formula is C14H12ClF2N. The summed E-state index contributed by atoms with van der Waals surface area (Å²) in [5.74, 6) is -0.808. The molecule has 1 unspecified atom stereocenters. The molecule has 2 N–H and O–H groups in total. The minimum atomic E-state index is -0.428. The summed E-state index contributed by atoms with van der Waals surface area (Å²) in [5.41, 5.74) is 7.78. The molecule has 0 spiro atoms. The quantitative estimate of drug-likeness (QED) is 0.862. The van der Waals surface area contributed by atoms with Crippen LogP contribution in [0.1, 0.15) is 18.5 Å². The largest absolute Gasteiger partial charge is 0.324 e. The van der Waals surface area contributed by atoms with E-state index >= 15 is 0 Å². The summed E-state index contributed by atoms with van der Waals surface area (Å²) in [7, 11) is 0. The molecule has 0 saturated carbocycles. The van der Waals surface area contributed by atoms with Gasteiger partial charge in [-0.1, -0.05) is 17.7 Å². The van der Waals surface area contributed by atoms with E-state index in [0.717, 1.165) is 5.56 Å². The van der Waals surface area contributed by atoms with Crippen LogP contribution in [0.15, 0.2) is 36.4 Å². The molecule has 0 saturated heterocycles. The zero-order valence-electron chi connectivity index (χ0n) is 9.75. The van der Waals surface area contributed by atoms with Crippen LogP contribution >= 0.6 is 11.6 Å². The topological polar surface area (TPSA) is 26.0 Å². The van der Waals surface area contributed by atoms with Crippen molar-refractivity contribution in [3.05, 3.63) is 58.6 Å². The molecule has 0 aliphatic rings. The summed E-state index contributed by atoms with van der Waals surface area (Å²) in [4.78, 5) is 0. The Balaban J connectivity index is 2.65. The highest BCUT2D eigenvalue weighted by Gasteiger charge is 2.13. The summed E-state index contributed by atoms with van der Waals surface area (Å²) in [6.45, 7) is 1.80. The van der Waals surface area contributed by atoms with E-state index < -0.39 is 5.82 Å². The summed E-state index contributed by atoms with van der Waals surface area (Å²) in [6, 6.07) is 8.08. The first-order valence-corrected chi connectivity index (χ1v) is 5.87. The maximum atomic E-state index is 13.3. The second-order valence-corrected chi connectivity index (χ2v) is 4.55. The van der Waals surface area contributed by atoms with Gasteiger partial charge in [0.15, 0.2) is 0 Å². The molecule has 94 valence electrons. The van der Waals surface area contributed by atoms with E-state index in [0.29, 0.717) is 11.1 Å². The van der Waals surface area contributed by atoms with Gasteiger partial charge < -0.3 is 5.73 Å². The second kappa shape index (κ2) is 5.04. The maximum Gasteiger partial charge on any atom is 0.124 e. The van der Waals surface area contributed by atoms with Crippen LogP contribution < -0.4 is 5.73 Å². The van der Waals surface area contributed by atoms with Gasteiger partial charge in [0.1, 0.15) is 11.6 Å². The first-order chi connectivity index (χ1) is 8.49. The van der Waals surface area contributed by atoms with Gasteiger partial charge in [-0.15, -0.1) is 0 Å². The fourth-order valence-corrected chi connectivity index (χ4v) is 2.14. The molecule has 0 aromatic heterocycles. The predicted molar refractivity (Wildman–Crippen MR) is 69.4 cm³/mol. The van der Waals surface area contributed by atoms with Crippen molar-refractivity contribution in [2.24, 2.45) is 5.73 Å². The van der Waals surface area contributed by atoms with Gasteiger partial charge in [0, 0.05) is 11.6 Å². The Hall–Kier alpha value is -1.45. The monoisotopic (exact) mass is 267 g/mol. The Morgan fingerprint density at radius 3 is 2.22 bits per heavy atom. The van der Waals surface area contributed by atoms with Gasteiger partial charge in [-0.25, -0.2) is 8.78 Å². The number of hydrogen-bond acceptors (Lipinski definition) is 1. The molecule has 2 aromatic rings. The number of nitrogens with two attached hydrogens (primary N) is 1. The molecule has 0 heterocycles. The van der Waals surface area contributed by atoms with Crippen LogP contribution in [0.2, 0.25) is 5.02 Å². The van der Waals surface area contributed by atoms with Crippen LogP contribution in [0.5, 0.6) is 0 Å². The van der Waals surface area contributed by atoms with Crippen molar-refractivity contribution < 1.29 is 8.78 Å². The van der Waals surface area contributed by atoms with Crippen molar-refractivity contribution in [1.29, 1.82) is 0 Å². The normalized spacial score (nSPS) is 12.5. The lowest BCUT2D eigenvalue weighted by Crippen LogP contribution is -2.07. The first-order valence-electron chi connectivity index (χ1n) is 5.49. The second-order valence-electron chi connectivity index (χ2n) is 4.14. The first kappa shape index (κ1) is 13.0. The van der Waals surface area contributed by atoms with Gasteiger partial charge in [-0.3, -0.25) is 0 Å². The molecule has 0 fully saturated rings. The smallest absolute Gasteiger partial charge is 0.124 e. The van der Waals surface area contributed by atoms with E-state index in [2.05, 4.69) is 0 Å². The third-order valence-electron chi connectivity index (χ3n) is 2.73. The average molecular weight is 268 g/mol. The molecule has 0 amide bonds. The molecular weight excluding hydrogens is 256 g/mol. The van der Waals surface area contributed by atoms with E-state index in [9.17, 15) is 8.78 Å². The average Bonchev–Trinajstić information content (AvgIpc) is 2.28. The standard InChI is InChI=1S/C14H12ClF2N/c1-8(18)11-4-2-9(16)6-13(11)12-5-3-10(17)7-14(12)15/h2-8H,18H2,1H3. The van der Waals surface area contributed by atoms with Gasteiger partial charge in [-0.05, 0) is 48.4 Å². The maximum absolute atomic E-state index is 13.3. The van der Waals surface area contributed by atoms with E-state index in [1.807, 2.05) is 0 Å². The molecule has 0 aliphatic heterocycles. The number of benzene rings is 2. The van der Waals surface area contributed by atoms with Gasteiger partial charge in [-0.2, -0.15) is 0 Å². The van der Waals surface area contributed by atoms with Crippen molar-refractivity contribution in [1.82, 2.24) is 0 Å². The van der Waals surface area contributed by atoms with E-state index in [-0.39, 0.29) is 16.9 Å².